The zero-order valence-corrected chi connectivity index (χ0v) is 8.58. The number of hydrogen-bond acceptors (Lipinski definition) is 2. The fourth-order valence-corrected chi connectivity index (χ4v) is 1.55. The van der Waals surface area contributed by atoms with Crippen LogP contribution in [0.3, 0.4) is 0 Å². The Morgan fingerprint density at radius 3 is 3.00 bits per heavy atom. The van der Waals surface area contributed by atoms with Crippen LogP contribution >= 0.6 is 15.9 Å². The molecule has 0 saturated heterocycles. The lowest BCUT2D eigenvalue weighted by atomic mass is 10.2. The van der Waals surface area contributed by atoms with E-state index in [1.807, 2.05) is 10.5 Å². The summed E-state index contributed by atoms with van der Waals surface area (Å²) < 4.78 is 2.68. The Morgan fingerprint density at radius 2 is 2.31 bits per heavy atom. The minimum absolute atomic E-state index is 0.0579. The van der Waals surface area contributed by atoms with Gasteiger partial charge in [-0.2, -0.15) is 0 Å². The van der Waals surface area contributed by atoms with E-state index in [4.69, 9.17) is 0 Å². The van der Waals surface area contributed by atoms with Crippen molar-refractivity contribution in [2.75, 3.05) is 0 Å². The van der Waals surface area contributed by atoms with Crippen LogP contribution in [0.1, 0.15) is 17.3 Å². The van der Waals surface area contributed by atoms with Gasteiger partial charge in [-0.05, 0) is 35.0 Å². The van der Waals surface area contributed by atoms with Crippen LogP contribution in [0.25, 0.3) is 5.65 Å². The van der Waals surface area contributed by atoms with Gasteiger partial charge in [0.1, 0.15) is 10.3 Å². The molecule has 0 radical (unpaired) electrons. The lowest BCUT2D eigenvalue weighted by molar-refractivity contribution is 0.101. The molecule has 0 N–H and O–H groups in total. The maximum Gasteiger partial charge on any atom is 0.161 e. The normalized spacial score (nSPS) is 10.6. The van der Waals surface area contributed by atoms with Crippen molar-refractivity contribution >= 4 is 27.4 Å². The maximum atomic E-state index is 11.1. The predicted molar refractivity (Wildman–Crippen MR) is 52.9 cm³/mol. The molecule has 0 aromatic carbocycles. The van der Waals surface area contributed by atoms with Crippen LogP contribution in [0.15, 0.2) is 29.1 Å². The van der Waals surface area contributed by atoms with Gasteiger partial charge in [-0.1, -0.05) is 0 Å². The Labute approximate surface area is 83.5 Å². The molecule has 0 fully saturated rings. The van der Waals surface area contributed by atoms with Crippen LogP contribution in [0.2, 0.25) is 0 Å². The van der Waals surface area contributed by atoms with Gasteiger partial charge in [-0.25, -0.2) is 4.98 Å². The van der Waals surface area contributed by atoms with Gasteiger partial charge in [-0.15, -0.1) is 0 Å². The lowest BCUT2D eigenvalue weighted by Crippen LogP contribution is -1.95. The number of hydrogen-bond donors (Lipinski definition) is 0. The van der Waals surface area contributed by atoms with E-state index in [1.165, 1.54) is 0 Å². The number of carbonyl (C=O) groups excluding carboxylic acids is 1. The van der Waals surface area contributed by atoms with Crippen LogP contribution in [0.5, 0.6) is 0 Å². The highest BCUT2D eigenvalue weighted by atomic mass is 79.9. The summed E-state index contributed by atoms with van der Waals surface area (Å²) in [6, 6.07) is 3.60. The molecular weight excluding hydrogens is 232 g/mol. The van der Waals surface area contributed by atoms with Crippen molar-refractivity contribution in [2.24, 2.45) is 0 Å². The molecule has 13 heavy (non-hydrogen) atoms. The fraction of sp³-hybridized carbons (Fsp3) is 0.111. The van der Waals surface area contributed by atoms with Crippen molar-refractivity contribution in [3.63, 3.8) is 0 Å². The Kier molecular flexibility index (Phi) is 1.92. The highest BCUT2D eigenvalue weighted by molar-refractivity contribution is 9.10. The van der Waals surface area contributed by atoms with Crippen LogP contribution in [-0.4, -0.2) is 15.2 Å². The van der Waals surface area contributed by atoms with E-state index in [2.05, 4.69) is 20.9 Å². The number of carbonyl (C=O) groups is 1. The first-order valence-electron chi connectivity index (χ1n) is 3.82. The molecule has 66 valence electrons. The van der Waals surface area contributed by atoms with Gasteiger partial charge in [0.2, 0.25) is 0 Å². The maximum absolute atomic E-state index is 11.1. The van der Waals surface area contributed by atoms with E-state index >= 15 is 0 Å². The minimum atomic E-state index is 0.0579. The number of halogens is 1. The molecule has 4 heteroatoms. The van der Waals surface area contributed by atoms with Crippen molar-refractivity contribution < 1.29 is 4.79 Å². The quantitative estimate of drug-likeness (QED) is 0.715. The molecule has 2 heterocycles. The zero-order valence-electron chi connectivity index (χ0n) is 6.99. The van der Waals surface area contributed by atoms with Gasteiger partial charge in [0.15, 0.2) is 5.78 Å². The molecule has 2 aromatic rings. The number of nitrogens with zero attached hydrogens (tertiary/aromatic N) is 2. The third-order valence-corrected chi connectivity index (χ3v) is 2.45. The first kappa shape index (κ1) is 8.44. The summed E-state index contributed by atoms with van der Waals surface area (Å²) in [7, 11) is 0. The third kappa shape index (κ3) is 1.37. The zero-order chi connectivity index (χ0) is 9.42. The minimum Gasteiger partial charge on any atom is -0.294 e. The lowest BCUT2D eigenvalue weighted by Gasteiger charge is -1.98. The highest BCUT2D eigenvalue weighted by Gasteiger charge is 2.03. The monoisotopic (exact) mass is 238 g/mol. The van der Waals surface area contributed by atoms with E-state index in [-0.39, 0.29) is 5.78 Å². The van der Waals surface area contributed by atoms with E-state index in [0.29, 0.717) is 5.56 Å². The molecule has 0 unspecified atom stereocenters. The summed E-state index contributed by atoms with van der Waals surface area (Å²) in [5.41, 5.74) is 1.52. The molecule has 3 nitrogen and oxygen atoms in total. The predicted octanol–water partition coefficient (Wildman–Crippen LogP) is 2.30. The van der Waals surface area contributed by atoms with Crippen LogP contribution < -0.4 is 0 Å². The molecule has 0 spiro atoms. The summed E-state index contributed by atoms with van der Waals surface area (Å²) in [6.07, 6.45) is 3.48. The van der Waals surface area contributed by atoms with Gasteiger partial charge in [0, 0.05) is 11.8 Å². The average Bonchev–Trinajstić information content (AvgIpc) is 2.47. The molecular formula is C9H7BrN2O. The second-order valence-corrected chi connectivity index (χ2v) is 3.60. The fourth-order valence-electron chi connectivity index (χ4n) is 1.16. The first-order valence-corrected chi connectivity index (χ1v) is 4.61. The number of imidazole rings is 1. The van der Waals surface area contributed by atoms with E-state index in [1.54, 1.807) is 25.4 Å². The SMILES string of the molecule is CC(=O)c1ccc2ncc(Br)n2c1. The number of ketones is 1. The largest absolute Gasteiger partial charge is 0.294 e. The third-order valence-electron chi connectivity index (χ3n) is 1.87. The van der Waals surface area contributed by atoms with Crippen molar-refractivity contribution in [3.8, 4) is 0 Å². The molecule has 0 atom stereocenters. The summed E-state index contributed by atoms with van der Waals surface area (Å²) in [5.74, 6) is 0.0579. The molecule has 0 aliphatic rings. The van der Waals surface area contributed by atoms with E-state index in [0.717, 1.165) is 10.3 Å². The molecule has 0 amide bonds. The van der Waals surface area contributed by atoms with Crippen molar-refractivity contribution in [3.05, 3.63) is 34.7 Å². The van der Waals surface area contributed by atoms with Gasteiger partial charge in [0.05, 0.1) is 6.20 Å². The number of rotatable bonds is 1. The van der Waals surface area contributed by atoms with Gasteiger partial charge in [-0.3, -0.25) is 9.20 Å². The van der Waals surface area contributed by atoms with Crippen LogP contribution in [0, 0.1) is 0 Å². The number of aromatic nitrogens is 2. The smallest absolute Gasteiger partial charge is 0.161 e. The second-order valence-electron chi connectivity index (χ2n) is 2.78. The summed E-state index contributed by atoms with van der Waals surface area (Å²) in [6.45, 7) is 1.55. The Balaban J connectivity index is 2.72. The number of Topliss-reactive ketones (excluding diaryl/α,β-unsaturated/α-hetero) is 1. The number of pyridine rings is 1. The molecule has 0 aliphatic heterocycles. The summed E-state index contributed by atoms with van der Waals surface area (Å²) in [5, 5.41) is 0. The van der Waals surface area contributed by atoms with Gasteiger partial charge in [0.25, 0.3) is 0 Å². The van der Waals surface area contributed by atoms with Crippen molar-refractivity contribution in [1.29, 1.82) is 0 Å². The molecule has 2 aromatic heterocycles. The van der Waals surface area contributed by atoms with Crippen molar-refractivity contribution in [2.45, 2.75) is 6.92 Å². The van der Waals surface area contributed by atoms with Gasteiger partial charge >= 0.3 is 0 Å². The Hall–Kier alpha value is -1.16. The second kappa shape index (κ2) is 2.96. The van der Waals surface area contributed by atoms with E-state index < -0.39 is 0 Å². The number of fused-ring (bicyclic) bond motifs is 1. The average molecular weight is 239 g/mol. The Morgan fingerprint density at radius 1 is 1.54 bits per heavy atom. The van der Waals surface area contributed by atoms with Crippen LogP contribution in [0.4, 0.5) is 0 Å². The summed E-state index contributed by atoms with van der Waals surface area (Å²) in [4.78, 5) is 15.2. The van der Waals surface area contributed by atoms with Crippen LogP contribution in [-0.2, 0) is 0 Å². The molecule has 0 bridgehead atoms. The van der Waals surface area contributed by atoms with E-state index in [9.17, 15) is 4.79 Å². The molecule has 0 aliphatic carbocycles. The standard InChI is InChI=1S/C9H7BrN2O/c1-6(13)7-2-3-9-11-4-8(10)12(9)5-7/h2-5H,1H3. The van der Waals surface area contributed by atoms with Gasteiger partial charge < -0.3 is 0 Å². The molecule has 0 saturated carbocycles. The topological polar surface area (TPSA) is 34.4 Å². The molecule has 2 rings (SSSR count). The first-order chi connectivity index (χ1) is 6.18. The Bertz CT molecular complexity index is 475. The van der Waals surface area contributed by atoms with Crippen molar-refractivity contribution in [1.82, 2.24) is 9.38 Å². The summed E-state index contributed by atoms with van der Waals surface area (Å²) >= 11 is 3.34. The highest BCUT2D eigenvalue weighted by Crippen LogP contribution is 2.14.